The maximum Gasteiger partial charge on any atom is 0.222 e. The molecule has 2 N–H and O–H groups in total. The minimum absolute atomic E-state index is 0.0336. The third-order valence-electron chi connectivity index (χ3n) is 1.46. The second kappa shape index (κ2) is 7.12. The van der Waals surface area contributed by atoms with Gasteiger partial charge in [-0.1, -0.05) is 11.8 Å². The molecule has 1 amide bonds. The average Bonchev–Trinajstić information content (AvgIpc) is 2.13. The Bertz CT molecular complexity index is 301. The quantitative estimate of drug-likeness (QED) is 0.336. The number of nitriles is 1. The van der Waals surface area contributed by atoms with E-state index in [9.17, 15) is 4.79 Å². The molecule has 6 heteroatoms. The van der Waals surface area contributed by atoms with E-state index in [1.807, 2.05) is 27.0 Å². The Balaban J connectivity index is 3.98. The van der Waals surface area contributed by atoms with Gasteiger partial charge in [-0.15, -0.1) is 0 Å². The molecule has 0 aromatic carbocycles. The van der Waals surface area contributed by atoms with Crippen LogP contribution in [0.3, 0.4) is 0 Å². The number of hydrogen-bond acceptors (Lipinski definition) is 4. The second-order valence-corrected chi connectivity index (χ2v) is 4.97. The molecule has 0 aliphatic rings. The Labute approximate surface area is 101 Å². The molecule has 90 valence electrons. The van der Waals surface area contributed by atoms with E-state index in [1.165, 1.54) is 11.8 Å². The molecule has 0 fully saturated rings. The molecule has 0 saturated heterocycles. The third-order valence-corrected chi connectivity index (χ3v) is 2.08. The normalized spacial score (nSPS) is 11.8. The van der Waals surface area contributed by atoms with E-state index in [1.54, 1.807) is 6.19 Å². The van der Waals surface area contributed by atoms with Crippen LogP contribution in [0.5, 0.6) is 0 Å². The van der Waals surface area contributed by atoms with Crippen molar-refractivity contribution in [2.75, 3.05) is 12.8 Å². The van der Waals surface area contributed by atoms with E-state index < -0.39 is 0 Å². The van der Waals surface area contributed by atoms with E-state index in [4.69, 9.17) is 5.26 Å². The maximum absolute atomic E-state index is 11.4. The number of thioether (sulfide) groups is 1. The van der Waals surface area contributed by atoms with Crippen molar-refractivity contribution in [3.05, 3.63) is 0 Å². The molecule has 0 spiro atoms. The molecule has 16 heavy (non-hydrogen) atoms. The molecular formula is C10H18N4OS. The van der Waals surface area contributed by atoms with Crippen molar-refractivity contribution in [3.63, 3.8) is 0 Å². The molecule has 0 aliphatic heterocycles. The average molecular weight is 242 g/mol. The van der Waals surface area contributed by atoms with Gasteiger partial charge in [-0.2, -0.15) is 5.26 Å². The fourth-order valence-electron chi connectivity index (χ4n) is 0.943. The predicted molar refractivity (Wildman–Crippen MR) is 67.1 cm³/mol. The van der Waals surface area contributed by atoms with E-state index in [-0.39, 0.29) is 11.4 Å². The molecule has 0 aromatic heterocycles. The second-order valence-electron chi connectivity index (χ2n) is 4.18. The number of rotatable bonds is 3. The zero-order valence-corrected chi connectivity index (χ0v) is 10.9. The van der Waals surface area contributed by atoms with Gasteiger partial charge in [0.15, 0.2) is 11.4 Å². The number of amides is 1. The Kier molecular flexibility index (Phi) is 6.58. The summed E-state index contributed by atoms with van der Waals surface area (Å²) < 4.78 is 0. The van der Waals surface area contributed by atoms with Gasteiger partial charge in [0.05, 0.1) is 6.54 Å². The lowest BCUT2D eigenvalue weighted by atomic mass is 10.1. The van der Waals surface area contributed by atoms with Gasteiger partial charge in [-0.05, 0) is 27.0 Å². The first-order valence-corrected chi connectivity index (χ1v) is 6.16. The van der Waals surface area contributed by atoms with E-state index in [0.717, 1.165) is 0 Å². The van der Waals surface area contributed by atoms with Crippen molar-refractivity contribution >= 4 is 22.8 Å². The molecule has 0 rings (SSSR count). The van der Waals surface area contributed by atoms with Gasteiger partial charge >= 0.3 is 0 Å². The summed E-state index contributed by atoms with van der Waals surface area (Å²) in [5, 5.41) is 14.2. The van der Waals surface area contributed by atoms with Crippen LogP contribution in [0.4, 0.5) is 0 Å². The number of hydrogen-bond donors (Lipinski definition) is 2. The van der Waals surface area contributed by atoms with E-state index in [0.29, 0.717) is 18.1 Å². The molecular weight excluding hydrogens is 224 g/mol. The summed E-state index contributed by atoms with van der Waals surface area (Å²) in [6, 6.07) is 0. The topological polar surface area (TPSA) is 77.3 Å². The van der Waals surface area contributed by atoms with Gasteiger partial charge in [0.25, 0.3) is 0 Å². The summed E-state index contributed by atoms with van der Waals surface area (Å²) in [7, 11) is 0. The lowest BCUT2D eigenvalue weighted by Gasteiger charge is -2.20. The van der Waals surface area contributed by atoms with Crippen molar-refractivity contribution in [1.82, 2.24) is 10.6 Å². The van der Waals surface area contributed by atoms with Crippen LogP contribution in [0.2, 0.25) is 0 Å². The lowest BCUT2D eigenvalue weighted by Crippen LogP contribution is -2.40. The fourth-order valence-corrected chi connectivity index (χ4v) is 1.31. The first-order chi connectivity index (χ1) is 7.39. The van der Waals surface area contributed by atoms with Crippen molar-refractivity contribution in [1.29, 1.82) is 5.26 Å². The zero-order chi connectivity index (χ0) is 12.6. The van der Waals surface area contributed by atoms with Crippen molar-refractivity contribution < 1.29 is 4.79 Å². The first kappa shape index (κ1) is 14.8. The van der Waals surface area contributed by atoms with E-state index in [2.05, 4.69) is 15.6 Å². The molecule has 0 radical (unpaired) electrons. The highest BCUT2D eigenvalue weighted by Crippen LogP contribution is 2.00. The van der Waals surface area contributed by atoms with Crippen LogP contribution >= 0.6 is 11.8 Å². The summed E-state index contributed by atoms with van der Waals surface area (Å²) in [5.74, 6) is -0.0336. The van der Waals surface area contributed by atoms with Crippen LogP contribution < -0.4 is 10.6 Å². The number of nitrogens with one attached hydrogen (secondary N) is 2. The van der Waals surface area contributed by atoms with Crippen LogP contribution in [0, 0.1) is 11.5 Å². The Hall–Kier alpha value is -1.22. The summed E-state index contributed by atoms with van der Waals surface area (Å²) in [6.07, 6.45) is 3.94. The van der Waals surface area contributed by atoms with Crippen LogP contribution in [0.15, 0.2) is 4.99 Å². The van der Waals surface area contributed by atoms with Gasteiger partial charge in [0.2, 0.25) is 5.91 Å². The van der Waals surface area contributed by atoms with Gasteiger partial charge in [-0.25, -0.2) is 0 Å². The first-order valence-electron chi connectivity index (χ1n) is 4.93. The Morgan fingerprint density at radius 1 is 1.50 bits per heavy atom. The smallest absolute Gasteiger partial charge is 0.222 e. The van der Waals surface area contributed by atoms with Crippen molar-refractivity contribution in [2.45, 2.75) is 32.7 Å². The summed E-state index contributed by atoms with van der Waals surface area (Å²) >= 11 is 1.34. The highest BCUT2D eigenvalue weighted by atomic mass is 32.2. The Morgan fingerprint density at radius 3 is 2.56 bits per heavy atom. The Morgan fingerprint density at radius 2 is 2.12 bits per heavy atom. The van der Waals surface area contributed by atoms with Gasteiger partial charge < -0.3 is 5.32 Å². The highest BCUT2D eigenvalue weighted by Gasteiger charge is 2.12. The number of carbonyl (C=O) groups excluding carboxylic acids is 1. The molecule has 5 nitrogen and oxygen atoms in total. The molecule has 0 bridgehead atoms. The summed E-state index contributed by atoms with van der Waals surface area (Å²) in [6.45, 7) is 6.17. The SMILES string of the molecule is CSC(=NCCC(=O)NC(C)(C)C)NC#N. The number of amidine groups is 1. The minimum Gasteiger partial charge on any atom is -0.351 e. The zero-order valence-electron chi connectivity index (χ0n) is 10.1. The van der Waals surface area contributed by atoms with Crippen molar-refractivity contribution in [3.8, 4) is 6.19 Å². The number of carbonyl (C=O) groups is 1. The summed E-state index contributed by atoms with van der Waals surface area (Å²) in [5.41, 5.74) is -0.214. The van der Waals surface area contributed by atoms with Gasteiger partial charge in [-0.3, -0.25) is 15.1 Å². The van der Waals surface area contributed by atoms with Crippen LogP contribution in [0.25, 0.3) is 0 Å². The molecule has 0 heterocycles. The third kappa shape index (κ3) is 8.12. The molecule has 0 aromatic rings. The lowest BCUT2D eigenvalue weighted by molar-refractivity contribution is -0.122. The van der Waals surface area contributed by atoms with Crippen LogP contribution in [0.1, 0.15) is 27.2 Å². The standard InChI is InChI=1S/C10H18N4OS/c1-10(2,3)14-8(15)5-6-12-9(16-4)13-7-11/h5-6H2,1-4H3,(H,12,13)(H,14,15). The monoisotopic (exact) mass is 242 g/mol. The molecule has 0 unspecified atom stereocenters. The maximum atomic E-state index is 11.4. The molecule has 0 aliphatic carbocycles. The number of nitrogens with zero attached hydrogens (tertiary/aromatic N) is 2. The fraction of sp³-hybridized carbons (Fsp3) is 0.700. The van der Waals surface area contributed by atoms with Crippen LogP contribution in [-0.4, -0.2) is 29.4 Å². The van der Waals surface area contributed by atoms with Crippen LogP contribution in [-0.2, 0) is 4.79 Å². The van der Waals surface area contributed by atoms with Crippen molar-refractivity contribution in [2.24, 2.45) is 4.99 Å². The minimum atomic E-state index is -0.214. The molecule has 0 saturated carbocycles. The van der Waals surface area contributed by atoms with Gasteiger partial charge in [0, 0.05) is 12.0 Å². The predicted octanol–water partition coefficient (Wildman–Crippen LogP) is 1.08. The summed E-state index contributed by atoms with van der Waals surface area (Å²) in [4.78, 5) is 15.5. The van der Waals surface area contributed by atoms with Gasteiger partial charge in [0.1, 0.15) is 0 Å². The molecule has 0 atom stereocenters. The largest absolute Gasteiger partial charge is 0.351 e. The number of aliphatic imine (C=N–C) groups is 1. The van der Waals surface area contributed by atoms with E-state index >= 15 is 0 Å². The highest BCUT2D eigenvalue weighted by molar-refractivity contribution is 8.13.